The monoisotopic (exact) mass is 498 g/mol. The number of hydrogen-bond donors (Lipinski definition) is 3. The van der Waals surface area contributed by atoms with Crippen LogP contribution in [-0.4, -0.2) is 50.1 Å². The molecule has 0 saturated heterocycles. The van der Waals surface area contributed by atoms with Crippen molar-refractivity contribution in [3.8, 4) is 11.5 Å². The molecule has 2 amide bonds. The van der Waals surface area contributed by atoms with Crippen LogP contribution in [-0.2, 0) is 9.59 Å². The second kappa shape index (κ2) is 10.4. The number of nitrogens with zero attached hydrogens (tertiary/aromatic N) is 1. The van der Waals surface area contributed by atoms with Crippen molar-refractivity contribution < 1.29 is 19.1 Å². The first kappa shape index (κ1) is 24.4. The van der Waals surface area contributed by atoms with Gasteiger partial charge in [0.2, 0.25) is 11.8 Å². The Morgan fingerprint density at radius 2 is 1.78 bits per heavy atom. The number of rotatable bonds is 8. The van der Waals surface area contributed by atoms with E-state index in [0.29, 0.717) is 29.4 Å². The first-order valence-electron chi connectivity index (χ1n) is 12.2. The molecule has 8 heteroatoms. The molecule has 0 radical (unpaired) electrons. The average Bonchev–Trinajstić information content (AvgIpc) is 3.35. The van der Waals surface area contributed by atoms with Crippen LogP contribution < -0.4 is 25.0 Å². The summed E-state index contributed by atoms with van der Waals surface area (Å²) in [6.45, 7) is 2.27. The Morgan fingerprint density at radius 1 is 1.00 bits per heavy atom. The van der Waals surface area contributed by atoms with Gasteiger partial charge in [0, 0.05) is 35.1 Å². The molecule has 8 nitrogen and oxygen atoms in total. The molecule has 0 spiro atoms. The van der Waals surface area contributed by atoms with Crippen molar-refractivity contribution in [2.75, 3.05) is 37.5 Å². The summed E-state index contributed by atoms with van der Waals surface area (Å²) in [5, 5.41) is 7.36. The molecule has 2 heterocycles. The van der Waals surface area contributed by atoms with Crippen LogP contribution in [0.5, 0.6) is 11.5 Å². The number of carbonyl (C=O) groups is 2. The van der Waals surface area contributed by atoms with Gasteiger partial charge in [0.25, 0.3) is 0 Å². The molecule has 37 heavy (non-hydrogen) atoms. The Bertz CT molecular complexity index is 1450. The molecule has 3 N–H and O–H groups in total. The van der Waals surface area contributed by atoms with Gasteiger partial charge in [-0.05, 0) is 36.8 Å². The van der Waals surface area contributed by atoms with Gasteiger partial charge in [-0.2, -0.15) is 0 Å². The van der Waals surface area contributed by atoms with Gasteiger partial charge in [-0.1, -0.05) is 42.5 Å². The summed E-state index contributed by atoms with van der Waals surface area (Å²) in [6.07, 6.45) is 2.01. The number of nitrogens with one attached hydrogen (secondary N) is 3. The predicted molar refractivity (Wildman–Crippen MR) is 145 cm³/mol. The zero-order valence-corrected chi connectivity index (χ0v) is 21.1. The number of hydrogen-bond acceptors (Lipinski definition) is 5. The average molecular weight is 499 g/mol. The summed E-state index contributed by atoms with van der Waals surface area (Å²) in [4.78, 5) is 30.7. The second-order valence-corrected chi connectivity index (χ2v) is 9.04. The van der Waals surface area contributed by atoms with Crippen molar-refractivity contribution in [3.05, 3.63) is 84.1 Å². The van der Waals surface area contributed by atoms with Crippen LogP contribution >= 0.6 is 0 Å². The Kier molecular flexibility index (Phi) is 6.83. The third-order valence-corrected chi connectivity index (χ3v) is 6.84. The summed E-state index contributed by atoms with van der Waals surface area (Å²) < 4.78 is 11.3. The Balaban J connectivity index is 1.46. The molecule has 0 saturated carbocycles. The van der Waals surface area contributed by atoms with Gasteiger partial charge in [-0.25, -0.2) is 0 Å². The molecule has 2 atom stereocenters. The van der Waals surface area contributed by atoms with Crippen molar-refractivity contribution in [1.29, 1.82) is 0 Å². The Morgan fingerprint density at radius 3 is 2.59 bits per heavy atom. The number of carbonyl (C=O) groups excluding carboxylic acids is 2. The molecule has 1 aliphatic heterocycles. The van der Waals surface area contributed by atoms with E-state index in [4.69, 9.17) is 9.47 Å². The van der Waals surface area contributed by atoms with E-state index in [1.165, 1.54) is 0 Å². The normalized spacial score (nSPS) is 14.6. The number of amides is 2. The fourth-order valence-corrected chi connectivity index (χ4v) is 5.00. The van der Waals surface area contributed by atoms with Crippen molar-refractivity contribution >= 4 is 34.1 Å². The lowest BCUT2D eigenvalue weighted by atomic mass is 9.89. The molecule has 0 fully saturated rings. The van der Waals surface area contributed by atoms with E-state index in [9.17, 15) is 9.59 Å². The number of fused-ring (bicyclic) bond motifs is 2. The van der Waals surface area contributed by atoms with Gasteiger partial charge >= 0.3 is 0 Å². The quantitative estimate of drug-likeness (QED) is 0.337. The third kappa shape index (κ3) is 4.63. The fourth-order valence-electron chi connectivity index (χ4n) is 5.00. The number of benzene rings is 3. The minimum atomic E-state index is -0.539. The first-order valence-corrected chi connectivity index (χ1v) is 12.2. The summed E-state index contributed by atoms with van der Waals surface area (Å²) in [5.74, 6) is 0.774. The Hall–Kier alpha value is -4.30. The number of aromatic amines is 1. The lowest BCUT2D eigenvalue weighted by Crippen LogP contribution is -2.50. The highest BCUT2D eigenvalue weighted by Crippen LogP contribution is 2.40. The van der Waals surface area contributed by atoms with Crippen molar-refractivity contribution in [2.45, 2.75) is 18.9 Å². The van der Waals surface area contributed by atoms with Crippen LogP contribution in [0.3, 0.4) is 0 Å². The highest BCUT2D eigenvalue weighted by Gasteiger charge is 2.31. The number of aromatic nitrogens is 1. The van der Waals surface area contributed by atoms with Gasteiger partial charge < -0.3 is 25.1 Å². The topological polar surface area (TPSA) is 95.7 Å². The van der Waals surface area contributed by atoms with E-state index in [-0.39, 0.29) is 24.3 Å². The summed E-state index contributed by atoms with van der Waals surface area (Å²) >= 11 is 0. The minimum absolute atomic E-state index is 0.0164. The van der Waals surface area contributed by atoms with Crippen molar-refractivity contribution in [2.24, 2.45) is 0 Å². The van der Waals surface area contributed by atoms with Gasteiger partial charge in [0.1, 0.15) is 6.54 Å². The van der Waals surface area contributed by atoms with Gasteiger partial charge in [-0.15, -0.1) is 0 Å². The first-order chi connectivity index (χ1) is 18.0. The largest absolute Gasteiger partial charge is 0.493 e. The molecule has 3 aromatic carbocycles. The molecule has 0 bridgehead atoms. The Labute approximate surface area is 215 Å². The minimum Gasteiger partial charge on any atom is -0.493 e. The number of para-hydroxylation sites is 4. The van der Waals surface area contributed by atoms with Gasteiger partial charge in [-0.3, -0.25) is 14.5 Å². The van der Waals surface area contributed by atoms with Crippen molar-refractivity contribution in [1.82, 2.24) is 10.3 Å². The van der Waals surface area contributed by atoms with E-state index in [1.807, 2.05) is 67.7 Å². The SMILES string of the molecule is COc1cccc([C@@H](CN[C@H](C)C(=O)N2CC(=O)Nc3ccccc32)c2c[nH]c3ccccc23)c1OC. The van der Waals surface area contributed by atoms with E-state index < -0.39 is 6.04 Å². The van der Waals surface area contributed by atoms with Gasteiger partial charge in [0.15, 0.2) is 11.5 Å². The van der Waals surface area contributed by atoms with E-state index >= 15 is 0 Å². The molecular formula is C29H30N4O4. The standard InChI is InChI=1S/C29H30N4O4/c1-18(29(35)33-17-27(34)32-24-12-6-7-13-25(24)33)30-15-22(20-10-8-14-26(36-2)28(20)37-3)21-16-31-23-11-5-4-9-19(21)23/h4-14,16,18,22,30-31H,15,17H2,1-3H3,(H,32,34)/t18-,22-/m1/s1. The number of methoxy groups -OCH3 is 2. The maximum Gasteiger partial charge on any atom is 0.244 e. The molecule has 1 aliphatic rings. The second-order valence-electron chi connectivity index (χ2n) is 9.04. The number of anilines is 2. The third-order valence-electron chi connectivity index (χ3n) is 6.84. The lowest BCUT2D eigenvalue weighted by molar-refractivity contribution is -0.123. The van der Waals surface area contributed by atoms with Crippen molar-refractivity contribution in [3.63, 3.8) is 0 Å². The molecule has 190 valence electrons. The molecule has 0 unspecified atom stereocenters. The fraction of sp³-hybridized carbons (Fsp3) is 0.241. The molecule has 5 rings (SSSR count). The maximum absolute atomic E-state index is 13.5. The van der Waals surface area contributed by atoms with Gasteiger partial charge in [0.05, 0.1) is 31.6 Å². The van der Waals surface area contributed by atoms with Crippen LogP contribution in [0.1, 0.15) is 24.0 Å². The lowest BCUT2D eigenvalue weighted by Gasteiger charge is -2.32. The van der Waals surface area contributed by atoms with E-state index in [1.54, 1.807) is 25.2 Å². The summed E-state index contributed by atoms with van der Waals surface area (Å²) in [5.41, 5.74) is 4.39. The van der Waals surface area contributed by atoms with Crippen LogP contribution in [0.4, 0.5) is 11.4 Å². The molecular weight excluding hydrogens is 468 g/mol. The van der Waals surface area contributed by atoms with E-state index in [2.05, 4.69) is 21.7 Å². The summed E-state index contributed by atoms with van der Waals surface area (Å²) in [7, 11) is 3.25. The zero-order valence-electron chi connectivity index (χ0n) is 21.1. The van der Waals surface area contributed by atoms with Crippen LogP contribution in [0.25, 0.3) is 10.9 Å². The van der Waals surface area contributed by atoms with Crippen LogP contribution in [0.2, 0.25) is 0 Å². The predicted octanol–water partition coefficient (Wildman–Crippen LogP) is 4.28. The number of H-pyrrole nitrogens is 1. The summed E-state index contributed by atoms with van der Waals surface area (Å²) in [6, 6.07) is 20.8. The van der Waals surface area contributed by atoms with E-state index in [0.717, 1.165) is 22.0 Å². The highest BCUT2D eigenvalue weighted by molar-refractivity contribution is 6.11. The molecule has 4 aromatic rings. The highest BCUT2D eigenvalue weighted by atomic mass is 16.5. The smallest absolute Gasteiger partial charge is 0.244 e. The van der Waals surface area contributed by atoms with Crippen LogP contribution in [0.15, 0.2) is 72.9 Å². The maximum atomic E-state index is 13.5. The molecule has 0 aliphatic carbocycles. The molecule has 1 aromatic heterocycles. The zero-order chi connectivity index (χ0) is 25.9. The van der Waals surface area contributed by atoms with Crippen LogP contribution in [0, 0.1) is 0 Å². The number of ether oxygens (including phenoxy) is 2.